The molecule has 2 saturated heterocycles. The third-order valence-corrected chi connectivity index (χ3v) is 13.4. The van der Waals surface area contributed by atoms with Crippen molar-refractivity contribution in [2.45, 2.75) is 168 Å². The predicted octanol–water partition coefficient (Wildman–Crippen LogP) is 6.79. The Balaban J connectivity index is 1.49. The summed E-state index contributed by atoms with van der Waals surface area (Å²) in [5.41, 5.74) is 0.598. The number of carbonyl (C=O) groups excluding carboxylic acids is 5. The standard InChI is InChI=1S/C41H72N4O6S/c1-12-29(4)38(32(51-11)24-36(48)45-27-41(19-20-41)26-30(45)5)43(10)35(47)23-31(28(2)3)42(9)34(46)17-14-13-15-21-44-37(49)25-33(39(44)50)52-22-16-18-40(6,7)8/h28-33,38H,12-27H2,1-11H3. The summed E-state index contributed by atoms with van der Waals surface area (Å²) in [6.45, 7) is 18.3. The molecule has 0 bridgehead atoms. The molecular formula is C41H72N4O6S. The summed E-state index contributed by atoms with van der Waals surface area (Å²) in [6, 6.07) is -0.317. The van der Waals surface area contributed by atoms with Crippen LogP contribution in [0.1, 0.15) is 139 Å². The van der Waals surface area contributed by atoms with Crippen molar-refractivity contribution in [3.05, 3.63) is 0 Å². The minimum atomic E-state index is -0.426. The predicted molar refractivity (Wildman–Crippen MR) is 210 cm³/mol. The van der Waals surface area contributed by atoms with Gasteiger partial charge in [0, 0.05) is 65.6 Å². The van der Waals surface area contributed by atoms with E-state index in [1.54, 1.807) is 35.7 Å². The first kappa shape index (κ1) is 44.3. The van der Waals surface area contributed by atoms with E-state index in [2.05, 4.69) is 41.5 Å². The lowest BCUT2D eigenvalue weighted by atomic mass is 9.90. The molecule has 2 heterocycles. The van der Waals surface area contributed by atoms with Gasteiger partial charge in [-0.3, -0.25) is 28.9 Å². The molecule has 1 saturated carbocycles. The summed E-state index contributed by atoms with van der Waals surface area (Å²) in [7, 11) is 5.24. The summed E-state index contributed by atoms with van der Waals surface area (Å²) >= 11 is 1.61. The number of methoxy groups -OCH3 is 1. The minimum absolute atomic E-state index is 0.0128. The first-order valence-corrected chi connectivity index (χ1v) is 21.2. The highest BCUT2D eigenvalue weighted by atomic mass is 32.2. The molecule has 11 heteroatoms. The van der Waals surface area contributed by atoms with E-state index in [4.69, 9.17) is 4.74 Å². The van der Waals surface area contributed by atoms with Crippen molar-refractivity contribution in [3.63, 3.8) is 0 Å². The number of nitrogens with zero attached hydrogens (tertiary/aromatic N) is 4. The van der Waals surface area contributed by atoms with Crippen LogP contribution in [0, 0.1) is 22.7 Å². The Bertz CT molecular complexity index is 1230. The second-order valence-corrected chi connectivity index (χ2v) is 19.2. The SMILES string of the molecule is CCC(C)C(C(CC(=O)N1CC2(CC2)CC1C)OC)N(C)C(=O)CC(C(C)C)N(C)C(=O)CCCCCN1C(=O)CC(SCCCC(C)(C)C)C1=O. The number of imide groups is 1. The van der Waals surface area contributed by atoms with Gasteiger partial charge in [-0.15, -0.1) is 11.8 Å². The third kappa shape index (κ3) is 12.2. The average molecular weight is 749 g/mol. The summed E-state index contributed by atoms with van der Waals surface area (Å²) in [5, 5.41) is -0.269. The molecule has 1 spiro atoms. The van der Waals surface area contributed by atoms with E-state index < -0.39 is 6.10 Å². The lowest BCUT2D eigenvalue weighted by Crippen LogP contribution is -2.52. The quantitative estimate of drug-likeness (QED) is 0.0941. The zero-order chi connectivity index (χ0) is 39.0. The number of carbonyl (C=O) groups is 5. The van der Waals surface area contributed by atoms with Crippen LogP contribution in [0.25, 0.3) is 0 Å². The van der Waals surface area contributed by atoms with E-state index >= 15 is 0 Å². The number of hydrogen-bond donors (Lipinski definition) is 0. The van der Waals surface area contributed by atoms with Crippen LogP contribution in [0.4, 0.5) is 0 Å². The fraction of sp³-hybridized carbons (Fsp3) is 0.878. The molecule has 3 aliphatic rings. The summed E-state index contributed by atoms with van der Waals surface area (Å²) in [5.74, 6) is 0.936. The molecule has 0 N–H and O–H groups in total. The highest BCUT2D eigenvalue weighted by Gasteiger charge is 2.52. The second kappa shape index (κ2) is 19.4. The fourth-order valence-electron chi connectivity index (χ4n) is 8.30. The van der Waals surface area contributed by atoms with Gasteiger partial charge in [-0.2, -0.15) is 0 Å². The number of unbranched alkanes of at least 4 members (excludes halogenated alkanes) is 2. The summed E-state index contributed by atoms with van der Waals surface area (Å²) in [6.07, 6.45) is 9.14. The zero-order valence-corrected chi connectivity index (χ0v) is 35.3. The molecule has 5 amide bonds. The number of likely N-dealkylation sites (N-methyl/N-ethyl adjacent to an activating group) is 1. The number of likely N-dealkylation sites (tertiary alicyclic amines) is 2. The minimum Gasteiger partial charge on any atom is -0.379 e. The van der Waals surface area contributed by atoms with E-state index in [1.807, 2.05) is 25.8 Å². The Morgan fingerprint density at radius 2 is 1.65 bits per heavy atom. The van der Waals surface area contributed by atoms with Crippen LogP contribution in [0.3, 0.4) is 0 Å². The van der Waals surface area contributed by atoms with Gasteiger partial charge >= 0.3 is 0 Å². The molecule has 3 fully saturated rings. The van der Waals surface area contributed by atoms with Crippen molar-refractivity contribution in [2.24, 2.45) is 22.7 Å². The van der Waals surface area contributed by atoms with Crippen molar-refractivity contribution >= 4 is 41.3 Å². The van der Waals surface area contributed by atoms with E-state index in [0.717, 1.165) is 44.4 Å². The third-order valence-electron chi connectivity index (χ3n) is 12.1. The molecular weight excluding hydrogens is 677 g/mol. The number of thioether (sulfide) groups is 1. The van der Waals surface area contributed by atoms with Crippen LogP contribution < -0.4 is 0 Å². The first-order valence-electron chi connectivity index (χ1n) is 20.1. The lowest BCUT2D eigenvalue weighted by Gasteiger charge is -2.40. The van der Waals surface area contributed by atoms with E-state index in [9.17, 15) is 24.0 Å². The molecule has 0 aromatic heterocycles. The number of amides is 5. The highest BCUT2D eigenvalue weighted by Crippen LogP contribution is 2.54. The van der Waals surface area contributed by atoms with Crippen LogP contribution in [0.2, 0.25) is 0 Å². The van der Waals surface area contributed by atoms with E-state index in [0.29, 0.717) is 31.2 Å². The topological polar surface area (TPSA) is 108 Å². The van der Waals surface area contributed by atoms with Crippen LogP contribution in [-0.4, -0.2) is 119 Å². The van der Waals surface area contributed by atoms with Gasteiger partial charge in [0.15, 0.2) is 0 Å². The molecule has 52 heavy (non-hydrogen) atoms. The Morgan fingerprint density at radius 1 is 0.981 bits per heavy atom. The Kier molecular flexibility index (Phi) is 16.6. The number of hydrogen-bond acceptors (Lipinski definition) is 7. The molecule has 10 nitrogen and oxygen atoms in total. The van der Waals surface area contributed by atoms with Crippen molar-refractivity contribution in [3.8, 4) is 0 Å². The Morgan fingerprint density at radius 3 is 2.21 bits per heavy atom. The van der Waals surface area contributed by atoms with Gasteiger partial charge in [0.25, 0.3) is 0 Å². The summed E-state index contributed by atoms with van der Waals surface area (Å²) < 4.78 is 5.97. The number of ether oxygens (including phenoxy) is 1. The van der Waals surface area contributed by atoms with Crippen molar-refractivity contribution < 1.29 is 28.7 Å². The van der Waals surface area contributed by atoms with Crippen LogP contribution in [0.5, 0.6) is 0 Å². The normalized spacial score (nSPS) is 22.2. The average Bonchev–Trinajstić information content (AvgIpc) is 3.67. The van der Waals surface area contributed by atoms with E-state index in [-0.39, 0.29) is 89.4 Å². The zero-order valence-electron chi connectivity index (χ0n) is 34.5. The van der Waals surface area contributed by atoms with Gasteiger partial charge in [-0.05, 0) is 80.3 Å². The van der Waals surface area contributed by atoms with Gasteiger partial charge in [0.05, 0.1) is 23.8 Å². The molecule has 1 aliphatic carbocycles. The number of rotatable bonds is 21. The monoisotopic (exact) mass is 749 g/mol. The van der Waals surface area contributed by atoms with Gasteiger partial charge in [0.2, 0.25) is 29.5 Å². The van der Waals surface area contributed by atoms with Crippen molar-refractivity contribution in [1.82, 2.24) is 19.6 Å². The maximum Gasteiger partial charge on any atom is 0.242 e. The molecule has 0 radical (unpaired) electrons. The lowest BCUT2D eigenvalue weighted by molar-refractivity contribution is -0.145. The fourth-order valence-corrected chi connectivity index (χ4v) is 9.43. The van der Waals surface area contributed by atoms with Gasteiger partial charge < -0.3 is 19.4 Å². The Hall–Kier alpha value is -2.14. The molecule has 6 atom stereocenters. The van der Waals surface area contributed by atoms with Crippen LogP contribution in [0.15, 0.2) is 0 Å². The van der Waals surface area contributed by atoms with Crippen LogP contribution >= 0.6 is 11.8 Å². The highest BCUT2D eigenvalue weighted by molar-refractivity contribution is 8.00. The van der Waals surface area contributed by atoms with Gasteiger partial charge in [0.1, 0.15) is 0 Å². The maximum atomic E-state index is 13.9. The molecule has 0 aromatic rings. The smallest absolute Gasteiger partial charge is 0.242 e. The first-order chi connectivity index (χ1) is 24.3. The molecule has 3 rings (SSSR count). The molecule has 0 aromatic carbocycles. The molecule has 298 valence electrons. The molecule has 6 unspecified atom stereocenters. The van der Waals surface area contributed by atoms with E-state index in [1.165, 1.54) is 17.7 Å². The van der Waals surface area contributed by atoms with Crippen LogP contribution in [-0.2, 0) is 28.7 Å². The van der Waals surface area contributed by atoms with Gasteiger partial charge in [-0.25, -0.2) is 0 Å². The van der Waals surface area contributed by atoms with Crippen molar-refractivity contribution in [2.75, 3.05) is 40.0 Å². The maximum absolute atomic E-state index is 13.9. The summed E-state index contributed by atoms with van der Waals surface area (Å²) in [4.78, 5) is 73.3. The van der Waals surface area contributed by atoms with Crippen molar-refractivity contribution in [1.29, 1.82) is 0 Å². The Labute approximate surface area is 319 Å². The van der Waals surface area contributed by atoms with Gasteiger partial charge in [-0.1, -0.05) is 61.3 Å². The molecule has 2 aliphatic heterocycles. The second-order valence-electron chi connectivity index (χ2n) is 17.9. The largest absolute Gasteiger partial charge is 0.379 e.